The summed E-state index contributed by atoms with van der Waals surface area (Å²) in [5.41, 5.74) is 2.23. The van der Waals surface area contributed by atoms with Crippen LogP contribution >= 0.6 is 0 Å². The van der Waals surface area contributed by atoms with Crippen molar-refractivity contribution in [3.8, 4) is 0 Å². The molecule has 0 radical (unpaired) electrons. The molecular formula is C17H19NO2. The Morgan fingerprint density at radius 2 is 2.05 bits per heavy atom. The predicted octanol–water partition coefficient (Wildman–Crippen LogP) is 1.97. The van der Waals surface area contributed by atoms with E-state index in [1.54, 1.807) is 0 Å². The second-order valence-corrected chi connectivity index (χ2v) is 6.34. The fourth-order valence-corrected chi connectivity index (χ4v) is 4.09. The Labute approximate surface area is 118 Å². The number of hydrogen-bond donors (Lipinski definition) is 2. The van der Waals surface area contributed by atoms with Crippen LogP contribution in [-0.2, 0) is 11.2 Å². The Bertz CT molecular complexity index is 580. The van der Waals surface area contributed by atoms with Gasteiger partial charge in [0.05, 0.1) is 12.1 Å². The molecule has 0 spiro atoms. The van der Waals surface area contributed by atoms with Gasteiger partial charge in [0, 0.05) is 12.3 Å². The molecule has 104 valence electrons. The molecule has 20 heavy (non-hydrogen) atoms. The molecular weight excluding hydrogens is 250 g/mol. The van der Waals surface area contributed by atoms with Gasteiger partial charge in [-0.15, -0.1) is 0 Å². The van der Waals surface area contributed by atoms with E-state index < -0.39 is 6.10 Å². The van der Waals surface area contributed by atoms with Crippen molar-refractivity contribution in [1.29, 1.82) is 0 Å². The van der Waals surface area contributed by atoms with Gasteiger partial charge in [-0.05, 0) is 35.8 Å². The lowest BCUT2D eigenvalue weighted by atomic mass is 9.92. The van der Waals surface area contributed by atoms with E-state index in [1.807, 2.05) is 24.3 Å². The number of hydrogen-bond acceptors (Lipinski definition) is 2. The van der Waals surface area contributed by atoms with Crippen LogP contribution < -0.4 is 5.32 Å². The molecule has 0 aromatic heterocycles. The van der Waals surface area contributed by atoms with Gasteiger partial charge in [-0.3, -0.25) is 4.79 Å². The molecule has 1 aromatic rings. The predicted molar refractivity (Wildman–Crippen MR) is 75.9 cm³/mol. The fraction of sp³-hybridized carbons (Fsp3) is 0.471. The molecule has 1 saturated carbocycles. The molecule has 3 heteroatoms. The fourth-order valence-electron chi connectivity index (χ4n) is 4.09. The number of aliphatic hydroxyl groups excluding tert-OH is 1. The van der Waals surface area contributed by atoms with Gasteiger partial charge in [-0.1, -0.05) is 36.4 Å². The molecule has 0 aliphatic heterocycles. The third-order valence-electron chi connectivity index (χ3n) is 5.12. The topological polar surface area (TPSA) is 49.3 Å². The Hall–Kier alpha value is -1.61. The molecule has 2 bridgehead atoms. The molecule has 2 N–H and O–H groups in total. The summed E-state index contributed by atoms with van der Waals surface area (Å²) in [5, 5.41) is 13.3. The van der Waals surface area contributed by atoms with Crippen molar-refractivity contribution in [3.05, 3.63) is 47.5 Å². The van der Waals surface area contributed by atoms with E-state index >= 15 is 0 Å². The molecule has 0 heterocycles. The molecule has 3 nitrogen and oxygen atoms in total. The van der Waals surface area contributed by atoms with Crippen molar-refractivity contribution in [2.24, 2.45) is 17.8 Å². The standard InChI is InChI=1S/C17H19NO2/c19-15-9-11-3-1-2-4-13(11)16(15)18-17(20)14-8-10-5-6-12(14)7-10/h1-6,10,12,14-16,19H,7-9H2,(H,18,20)/t10?,12?,14?,15-,16+/m1/s1. The zero-order valence-corrected chi connectivity index (χ0v) is 11.3. The van der Waals surface area contributed by atoms with Crippen LogP contribution in [0.2, 0.25) is 0 Å². The van der Waals surface area contributed by atoms with Gasteiger partial charge in [0.2, 0.25) is 5.91 Å². The SMILES string of the molecule is O=C(N[C@H]1c2ccccc2C[C@H]1O)C1CC2C=CC1C2. The highest BCUT2D eigenvalue weighted by molar-refractivity contribution is 5.80. The highest BCUT2D eigenvalue weighted by Gasteiger charge is 2.41. The number of carbonyl (C=O) groups is 1. The van der Waals surface area contributed by atoms with Crippen LogP contribution in [0, 0.1) is 17.8 Å². The number of nitrogens with one attached hydrogen (secondary N) is 1. The summed E-state index contributed by atoms with van der Waals surface area (Å²) >= 11 is 0. The second-order valence-electron chi connectivity index (χ2n) is 6.34. The van der Waals surface area contributed by atoms with Crippen LogP contribution in [-0.4, -0.2) is 17.1 Å². The zero-order chi connectivity index (χ0) is 13.7. The van der Waals surface area contributed by atoms with Crippen LogP contribution in [0.15, 0.2) is 36.4 Å². The van der Waals surface area contributed by atoms with E-state index in [1.165, 1.54) is 0 Å². The van der Waals surface area contributed by atoms with Crippen LogP contribution in [0.4, 0.5) is 0 Å². The smallest absolute Gasteiger partial charge is 0.224 e. The van der Waals surface area contributed by atoms with E-state index in [2.05, 4.69) is 17.5 Å². The van der Waals surface area contributed by atoms with E-state index in [0.29, 0.717) is 18.3 Å². The van der Waals surface area contributed by atoms with Gasteiger partial charge in [0.1, 0.15) is 0 Å². The summed E-state index contributed by atoms with van der Waals surface area (Å²) in [6.07, 6.45) is 6.67. The minimum absolute atomic E-state index is 0.102. The van der Waals surface area contributed by atoms with Gasteiger partial charge in [-0.2, -0.15) is 0 Å². The van der Waals surface area contributed by atoms with Gasteiger partial charge in [-0.25, -0.2) is 0 Å². The van der Waals surface area contributed by atoms with Crippen molar-refractivity contribution >= 4 is 5.91 Å². The third kappa shape index (κ3) is 1.80. The Morgan fingerprint density at radius 1 is 1.20 bits per heavy atom. The maximum atomic E-state index is 12.5. The van der Waals surface area contributed by atoms with Gasteiger partial charge in [0.15, 0.2) is 0 Å². The minimum Gasteiger partial charge on any atom is -0.390 e. The number of fused-ring (bicyclic) bond motifs is 3. The van der Waals surface area contributed by atoms with Crippen molar-refractivity contribution in [3.63, 3.8) is 0 Å². The van der Waals surface area contributed by atoms with Gasteiger partial charge in [0.25, 0.3) is 0 Å². The molecule has 1 aromatic carbocycles. The summed E-state index contributed by atoms with van der Waals surface area (Å²) in [7, 11) is 0. The second kappa shape index (κ2) is 4.45. The molecule has 3 unspecified atom stereocenters. The molecule has 0 saturated heterocycles. The normalized spacial score (nSPS) is 37.1. The summed E-state index contributed by atoms with van der Waals surface area (Å²) in [5.74, 6) is 1.22. The van der Waals surface area contributed by atoms with Crippen LogP contribution in [0.5, 0.6) is 0 Å². The van der Waals surface area contributed by atoms with Crippen molar-refractivity contribution < 1.29 is 9.90 Å². The number of amides is 1. The van der Waals surface area contributed by atoms with Crippen LogP contribution in [0.1, 0.15) is 30.0 Å². The number of allylic oxidation sites excluding steroid dienone is 2. The van der Waals surface area contributed by atoms with E-state index in [0.717, 1.165) is 24.0 Å². The summed E-state index contributed by atoms with van der Waals surface area (Å²) in [4.78, 5) is 12.5. The first-order valence-corrected chi connectivity index (χ1v) is 7.47. The van der Waals surface area contributed by atoms with E-state index in [4.69, 9.17) is 0 Å². The molecule has 3 aliphatic carbocycles. The summed E-state index contributed by atoms with van der Waals surface area (Å²) < 4.78 is 0. The maximum absolute atomic E-state index is 12.5. The maximum Gasteiger partial charge on any atom is 0.224 e. The highest BCUT2D eigenvalue weighted by atomic mass is 16.3. The first-order chi connectivity index (χ1) is 9.72. The largest absolute Gasteiger partial charge is 0.390 e. The molecule has 4 rings (SSSR count). The lowest BCUT2D eigenvalue weighted by Gasteiger charge is -2.23. The van der Waals surface area contributed by atoms with Gasteiger partial charge >= 0.3 is 0 Å². The minimum atomic E-state index is -0.495. The highest BCUT2D eigenvalue weighted by Crippen LogP contribution is 2.44. The molecule has 5 atom stereocenters. The summed E-state index contributed by atoms with van der Waals surface area (Å²) in [6, 6.07) is 7.76. The molecule has 1 fully saturated rings. The molecule has 3 aliphatic rings. The first-order valence-electron chi connectivity index (χ1n) is 7.47. The van der Waals surface area contributed by atoms with Crippen molar-refractivity contribution in [2.45, 2.75) is 31.4 Å². The average Bonchev–Trinajstić information content (AvgIpc) is 3.14. The zero-order valence-electron chi connectivity index (χ0n) is 11.3. The lowest BCUT2D eigenvalue weighted by Crippen LogP contribution is -2.39. The quantitative estimate of drug-likeness (QED) is 0.807. The Kier molecular flexibility index (Phi) is 2.71. The average molecular weight is 269 g/mol. The first kappa shape index (κ1) is 12.2. The number of rotatable bonds is 2. The van der Waals surface area contributed by atoms with Crippen LogP contribution in [0.3, 0.4) is 0 Å². The summed E-state index contributed by atoms with van der Waals surface area (Å²) in [6.45, 7) is 0. The lowest BCUT2D eigenvalue weighted by molar-refractivity contribution is -0.127. The van der Waals surface area contributed by atoms with Crippen molar-refractivity contribution in [1.82, 2.24) is 5.32 Å². The number of carbonyl (C=O) groups excluding carboxylic acids is 1. The third-order valence-corrected chi connectivity index (χ3v) is 5.12. The van der Waals surface area contributed by atoms with Crippen LogP contribution in [0.25, 0.3) is 0 Å². The monoisotopic (exact) mass is 269 g/mol. The Morgan fingerprint density at radius 3 is 2.80 bits per heavy atom. The van der Waals surface area contributed by atoms with Gasteiger partial charge < -0.3 is 10.4 Å². The van der Waals surface area contributed by atoms with Crippen molar-refractivity contribution in [2.75, 3.05) is 0 Å². The number of benzene rings is 1. The van der Waals surface area contributed by atoms with E-state index in [-0.39, 0.29) is 17.9 Å². The molecule has 1 amide bonds. The Balaban J connectivity index is 1.52. The van der Waals surface area contributed by atoms with E-state index in [9.17, 15) is 9.90 Å². The number of aliphatic hydroxyl groups is 1.